The molecule has 3 rings (SSSR count). The van der Waals surface area contributed by atoms with Crippen LogP contribution in [0.15, 0.2) is 67.0 Å². The topological polar surface area (TPSA) is 47.3 Å². The van der Waals surface area contributed by atoms with Crippen molar-refractivity contribution >= 4 is 12.4 Å². The number of halogens is 1. The zero-order chi connectivity index (χ0) is 16.1. The van der Waals surface area contributed by atoms with Crippen LogP contribution in [-0.2, 0) is 6.54 Å². The van der Waals surface area contributed by atoms with Gasteiger partial charge in [-0.2, -0.15) is 0 Å². The predicted molar refractivity (Wildman–Crippen MR) is 97.6 cm³/mol. The van der Waals surface area contributed by atoms with Gasteiger partial charge in [-0.25, -0.2) is 4.98 Å². The minimum atomic E-state index is -0.604. The van der Waals surface area contributed by atoms with E-state index in [1.54, 1.807) is 6.20 Å². The number of aliphatic hydroxyl groups excluding tert-OH is 1. The summed E-state index contributed by atoms with van der Waals surface area (Å²) in [5.41, 5.74) is 2.17. The molecule has 1 N–H and O–H groups in total. The highest BCUT2D eigenvalue weighted by molar-refractivity contribution is 5.85. The Hall–Kier alpha value is -2.30. The number of aromatic nitrogens is 2. The number of benzene rings is 2. The summed E-state index contributed by atoms with van der Waals surface area (Å²) in [6, 6.07) is 17.8. The first-order valence-corrected chi connectivity index (χ1v) is 7.66. The molecule has 0 fully saturated rings. The Morgan fingerprint density at radius 1 is 1.12 bits per heavy atom. The molecule has 126 valence electrons. The highest BCUT2D eigenvalue weighted by atomic mass is 35.5. The number of aliphatic hydroxyl groups is 1. The number of hydrogen-bond acceptors (Lipinski definition) is 3. The van der Waals surface area contributed by atoms with Gasteiger partial charge in [0.15, 0.2) is 0 Å². The summed E-state index contributed by atoms with van der Waals surface area (Å²) in [6.07, 6.45) is 3.02. The molecule has 3 aromatic rings. The van der Waals surface area contributed by atoms with Gasteiger partial charge in [0, 0.05) is 18.0 Å². The molecule has 1 heterocycles. The van der Waals surface area contributed by atoms with E-state index in [1.807, 2.05) is 72.3 Å². The molecular formula is C19H21ClN2O2. The van der Waals surface area contributed by atoms with Gasteiger partial charge in [-0.1, -0.05) is 42.5 Å². The molecule has 0 saturated heterocycles. The molecule has 0 radical (unpaired) electrons. The van der Waals surface area contributed by atoms with E-state index in [9.17, 15) is 5.11 Å². The van der Waals surface area contributed by atoms with Crippen LogP contribution in [0.5, 0.6) is 5.75 Å². The zero-order valence-electron chi connectivity index (χ0n) is 13.5. The smallest absolute Gasteiger partial charge is 0.139 e. The van der Waals surface area contributed by atoms with Crippen LogP contribution in [0.1, 0.15) is 5.56 Å². The van der Waals surface area contributed by atoms with E-state index < -0.39 is 6.10 Å². The molecule has 0 saturated carbocycles. The second-order valence-corrected chi connectivity index (χ2v) is 5.55. The molecule has 24 heavy (non-hydrogen) atoms. The Morgan fingerprint density at radius 3 is 2.67 bits per heavy atom. The summed E-state index contributed by atoms with van der Waals surface area (Å²) in [7, 11) is 0. The number of imidazole rings is 1. The fourth-order valence-electron chi connectivity index (χ4n) is 2.48. The lowest BCUT2D eigenvalue weighted by atomic mass is 10.2. The summed E-state index contributed by atoms with van der Waals surface area (Å²) >= 11 is 0. The van der Waals surface area contributed by atoms with Crippen molar-refractivity contribution in [1.29, 1.82) is 0 Å². The maximum Gasteiger partial charge on any atom is 0.139 e. The van der Waals surface area contributed by atoms with Gasteiger partial charge >= 0.3 is 0 Å². The number of rotatable bonds is 6. The first-order chi connectivity index (χ1) is 11.2. The Labute approximate surface area is 148 Å². The lowest BCUT2D eigenvalue weighted by Gasteiger charge is -2.15. The van der Waals surface area contributed by atoms with Crippen LogP contribution in [0.3, 0.4) is 0 Å². The van der Waals surface area contributed by atoms with E-state index in [4.69, 9.17) is 4.74 Å². The third kappa shape index (κ3) is 4.60. The molecule has 0 aliphatic heterocycles. The SMILES string of the molecule is Cc1cccc(OCC(O)Cn2ccnc2-c2ccccc2)c1.Cl. The molecule has 0 spiro atoms. The van der Waals surface area contributed by atoms with Crippen LogP contribution >= 0.6 is 12.4 Å². The predicted octanol–water partition coefficient (Wildman–Crippen LogP) is 3.72. The van der Waals surface area contributed by atoms with E-state index in [2.05, 4.69) is 4.98 Å². The van der Waals surface area contributed by atoms with E-state index in [0.29, 0.717) is 6.54 Å². The summed E-state index contributed by atoms with van der Waals surface area (Å²) in [6.45, 7) is 2.70. The number of nitrogens with zero attached hydrogens (tertiary/aromatic N) is 2. The Bertz CT molecular complexity index is 759. The van der Waals surface area contributed by atoms with Crippen LogP contribution < -0.4 is 4.74 Å². The maximum absolute atomic E-state index is 10.2. The minimum absolute atomic E-state index is 0. The van der Waals surface area contributed by atoms with Gasteiger partial charge in [-0.3, -0.25) is 0 Å². The molecule has 0 aliphatic rings. The van der Waals surface area contributed by atoms with E-state index in [-0.39, 0.29) is 19.0 Å². The van der Waals surface area contributed by atoms with Gasteiger partial charge < -0.3 is 14.4 Å². The average molecular weight is 345 g/mol. The molecule has 2 aromatic carbocycles. The van der Waals surface area contributed by atoms with Gasteiger partial charge in [0.05, 0.1) is 6.54 Å². The molecule has 0 bridgehead atoms. The van der Waals surface area contributed by atoms with Gasteiger partial charge in [0.1, 0.15) is 24.3 Å². The van der Waals surface area contributed by atoms with Crippen molar-refractivity contribution in [2.75, 3.05) is 6.61 Å². The van der Waals surface area contributed by atoms with E-state index in [1.165, 1.54) is 0 Å². The van der Waals surface area contributed by atoms with Crippen LogP contribution in [0.25, 0.3) is 11.4 Å². The molecule has 1 aromatic heterocycles. The molecule has 1 atom stereocenters. The number of aryl methyl sites for hydroxylation is 1. The Kier molecular flexibility index (Phi) is 6.41. The third-order valence-corrected chi connectivity index (χ3v) is 3.59. The molecule has 0 aliphatic carbocycles. The Morgan fingerprint density at radius 2 is 1.92 bits per heavy atom. The minimum Gasteiger partial charge on any atom is -0.491 e. The van der Waals surface area contributed by atoms with Crippen molar-refractivity contribution in [2.45, 2.75) is 19.6 Å². The van der Waals surface area contributed by atoms with Gasteiger partial charge in [0.25, 0.3) is 0 Å². The van der Waals surface area contributed by atoms with Gasteiger partial charge in [-0.05, 0) is 24.6 Å². The average Bonchev–Trinajstić information content (AvgIpc) is 3.02. The third-order valence-electron chi connectivity index (χ3n) is 3.59. The molecule has 5 heteroatoms. The molecular weight excluding hydrogens is 324 g/mol. The summed E-state index contributed by atoms with van der Waals surface area (Å²) in [5.74, 6) is 1.62. The number of ether oxygens (including phenoxy) is 1. The molecule has 0 amide bonds. The monoisotopic (exact) mass is 344 g/mol. The van der Waals surface area contributed by atoms with Gasteiger partial charge in [-0.15, -0.1) is 12.4 Å². The second-order valence-electron chi connectivity index (χ2n) is 5.55. The van der Waals surface area contributed by atoms with Crippen LogP contribution in [-0.4, -0.2) is 27.4 Å². The van der Waals surface area contributed by atoms with Crippen molar-refractivity contribution < 1.29 is 9.84 Å². The zero-order valence-corrected chi connectivity index (χ0v) is 14.3. The maximum atomic E-state index is 10.2. The summed E-state index contributed by atoms with van der Waals surface area (Å²) < 4.78 is 7.60. The highest BCUT2D eigenvalue weighted by Gasteiger charge is 2.11. The molecule has 1 unspecified atom stereocenters. The summed E-state index contributed by atoms with van der Waals surface area (Å²) in [5, 5.41) is 10.2. The van der Waals surface area contributed by atoms with Crippen molar-refractivity contribution in [3.8, 4) is 17.1 Å². The van der Waals surface area contributed by atoms with Crippen LogP contribution in [0, 0.1) is 6.92 Å². The van der Waals surface area contributed by atoms with Gasteiger partial charge in [0.2, 0.25) is 0 Å². The van der Waals surface area contributed by atoms with Crippen molar-refractivity contribution in [1.82, 2.24) is 9.55 Å². The highest BCUT2D eigenvalue weighted by Crippen LogP contribution is 2.17. The fourth-order valence-corrected chi connectivity index (χ4v) is 2.48. The fraction of sp³-hybridized carbons (Fsp3) is 0.211. The second kappa shape index (κ2) is 8.52. The van der Waals surface area contributed by atoms with Crippen molar-refractivity contribution in [3.63, 3.8) is 0 Å². The first-order valence-electron chi connectivity index (χ1n) is 7.66. The number of hydrogen-bond donors (Lipinski definition) is 1. The van der Waals surface area contributed by atoms with Crippen molar-refractivity contribution in [2.24, 2.45) is 0 Å². The summed E-state index contributed by atoms with van der Waals surface area (Å²) in [4.78, 5) is 4.38. The first kappa shape index (κ1) is 18.0. The van der Waals surface area contributed by atoms with E-state index in [0.717, 1.165) is 22.7 Å². The van der Waals surface area contributed by atoms with Crippen molar-refractivity contribution in [3.05, 3.63) is 72.6 Å². The van der Waals surface area contributed by atoms with Crippen LogP contribution in [0.4, 0.5) is 0 Å². The molecule has 4 nitrogen and oxygen atoms in total. The lowest BCUT2D eigenvalue weighted by Crippen LogP contribution is -2.23. The normalized spacial score (nSPS) is 11.6. The van der Waals surface area contributed by atoms with Crippen LogP contribution in [0.2, 0.25) is 0 Å². The quantitative estimate of drug-likeness (QED) is 0.741. The standard InChI is InChI=1S/C19H20N2O2.ClH/c1-15-6-5-9-18(12-15)23-14-17(22)13-21-11-10-20-19(21)16-7-3-2-4-8-16;/h2-12,17,22H,13-14H2,1H3;1H. The lowest BCUT2D eigenvalue weighted by molar-refractivity contribution is 0.0928. The Balaban J connectivity index is 0.00000208. The van der Waals surface area contributed by atoms with E-state index >= 15 is 0 Å². The largest absolute Gasteiger partial charge is 0.491 e.